The van der Waals surface area contributed by atoms with Gasteiger partial charge in [-0.2, -0.15) is 5.10 Å². The number of carbonyl (C=O) groups excluding carboxylic acids is 1. The molecule has 256 valence electrons. The number of carboxylic acid groups (broad SMARTS) is 1. The van der Waals surface area contributed by atoms with Gasteiger partial charge in [-0.25, -0.2) is 4.98 Å². The molecule has 1 amide bonds. The first-order chi connectivity index (χ1) is 24.3. The highest BCUT2D eigenvalue weighted by Gasteiger charge is 2.32. The summed E-state index contributed by atoms with van der Waals surface area (Å²) in [7, 11) is 0. The normalized spacial score (nSPS) is 18.7. The number of hydrogen-bond acceptors (Lipinski definition) is 9. The molecule has 3 aliphatic rings. The summed E-state index contributed by atoms with van der Waals surface area (Å²) in [6, 6.07) is 18.1. The fraction of sp³-hybridized carbons (Fsp3) is 0.342. The molecule has 50 heavy (non-hydrogen) atoms. The minimum absolute atomic E-state index is 0.139. The van der Waals surface area contributed by atoms with Crippen LogP contribution in [0.3, 0.4) is 0 Å². The molecular weight excluding hydrogens is 632 g/mol. The summed E-state index contributed by atoms with van der Waals surface area (Å²) in [5, 5.41) is 31.4. The number of aliphatic carboxylic acids is 1. The van der Waals surface area contributed by atoms with Crippen LogP contribution in [0.4, 0.5) is 17.2 Å². The molecule has 8 rings (SSSR count). The molecule has 2 atom stereocenters. The highest BCUT2D eigenvalue weighted by molar-refractivity contribution is 6.07. The number of aryl methyl sites for hydroxylation is 1. The third-order valence-electron chi connectivity index (χ3n) is 10.2. The maximum absolute atomic E-state index is 13.9. The predicted octanol–water partition coefficient (Wildman–Crippen LogP) is 4.82. The second-order valence-electron chi connectivity index (χ2n) is 13.5. The Labute approximate surface area is 289 Å². The molecule has 0 aliphatic carbocycles. The van der Waals surface area contributed by atoms with Gasteiger partial charge in [-0.3, -0.25) is 29.5 Å². The predicted molar refractivity (Wildman–Crippen MR) is 191 cm³/mol. The Balaban J connectivity index is 1.04. The van der Waals surface area contributed by atoms with Crippen LogP contribution in [0, 0.1) is 6.92 Å². The first-order valence-corrected chi connectivity index (χ1v) is 17.3. The lowest BCUT2D eigenvalue weighted by atomic mass is 9.93. The Kier molecular flexibility index (Phi) is 8.51. The van der Waals surface area contributed by atoms with Crippen molar-refractivity contribution in [3.63, 3.8) is 0 Å². The van der Waals surface area contributed by atoms with Gasteiger partial charge in [0, 0.05) is 67.9 Å². The smallest absolute Gasteiger partial charge is 0.317 e. The van der Waals surface area contributed by atoms with Crippen LogP contribution in [0.5, 0.6) is 0 Å². The Morgan fingerprint density at radius 3 is 2.70 bits per heavy atom. The third-order valence-corrected chi connectivity index (χ3v) is 10.2. The van der Waals surface area contributed by atoms with E-state index in [0.29, 0.717) is 31.1 Å². The van der Waals surface area contributed by atoms with Crippen LogP contribution in [0.1, 0.15) is 58.2 Å². The number of pyridine rings is 2. The maximum Gasteiger partial charge on any atom is 0.317 e. The topological polar surface area (TPSA) is 149 Å². The molecule has 3 aromatic heterocycles. The van der Waals surface area contributed by atoms with Crippen molar-refractivity contribution in [2.24, 2.45) is 0 Å². The molecule has 1 saturated heterocycles. The van der Waals surface area contributed by atoms with Gasteiger partial charge in [0.1, 0.15) is 5.52 Å². The van der Waals surface area contributed by atoms with Gasteiger partial charge in [-0.15, -0.1) is 0 Å². The van der Waals surface area contributed by atoms with E-state index in [1.165, 1.54) is 0 Å². The minimum Gasteiger partial charge on any atom is -0.480 e. The summed E-state index contributed by atoms with van der Waals surface area (Å²) in [6.07, 6.45) is 6.64. The van der Waals surface area contributed by atoms with Crippen molar-refractivity contribution in [2.75, 3.05) is 36.4 Å². The lowest BCUT2D eigenvalue weighted by Crippen LogP contribution is -2.31. The molecule has 3 aliphatic heterocycles. The molecule has 0 spiro atoms. The number of anilines is 3. The molecule has 12 heteroatoms. The first kappa shape index (κ1) is 32.1. The van der Waals surface area contributed by atoms with Crippen molar-refractivity contribution in [1.82, 2.24) is 30.0 Å². The van der Waals surface area contributed by atoms with E-state index < -0.39 is 5.97 Å². The van der Waals surface area contributed by atoms with Crippen molar-refractivity contribution in [1.29, 1.82) is 0 Å². The van der Waals surface area contributed by atoms with Crippen LogP contribution in [-0.2, 0) is 24.3 Å². The van der Waals surface area contributed by atoms with Gasteiger partial charge in [0.15, 0.2) is 11.5 Å². The average molecular weight is 673 g/mol. The van der Waals surface area contributed by atoms with E-state index in [1.54, 1.807) is 6.20 Å². The zero-order chi connectivity index (χ0) is 34.4. The standard InChI is InChI=1S/C38H40N8O4/c1-23-27(5-2-7-30(23)42-37-36-25(10-13-39-37)17-24(19-41-36)21-44-15-11-26(47)22-44)28-6-3-9-33-29(28)12-16-45(33)38(50)32-18-34-31(40-20-35(48)49)8-4-14-46(34)43-32/h2-3,5-7,9-10,13,17-19,26,31,40,47H,4,8,11-12,14-16,20-22H2,1H3,(H,39,42)(H,48,49)/t26-,31?/m1/s1. The van der Waals surface area contributed by atoms with Crippen molar-refractivity contribution in [3.8, 4) is 11.1 Å². The van der Waals surface area contributed by atoms with Crippen molar-refractivity contribution in [2.45, 2.75) is 57.8 Å². The molecule has 0 radical (unpaired) electrons. The number of aliphatic hydroxyl groups excluding tert-OH is 1. The van der Waals surface area contributed by atoms with Crippen molar-refractivity contribution >= 4 is 40.0 Å². The summed E-state index contributed by atoms with van der Waals surface area (Å²) >= 11 is 0. The lowest BCUT2D eigenvalue weighted by molar-refractivity contribution is -0.136. The third kappa shape index (κ3) is 6.10. The van der Waals surface area contributed by atoms with Crippen molar-refractivity contribution in [3.05, 3.63) is 95.1 Å². The zero-order valence-electron chi connectivity index (χ0n) is 28.0. The van der Waals surface area contributed by atoms with Crippen LogP contribution in [0.2, 0.25) is 0 Å². The second-order valence-corrected chi connectivity index (χ2v) is 13.5. The highest BCUT2D eigenvalue weighted by atomic mass is 16.4. The molecule has 5 aromatic rings. The molecule has 4 N–H and O–H groups in total. The Morgan fingerprint density at radius 1 is 1.00 bits per heavy atom. The summed E-state index contributed by atoms with van der Waals surface area (Å²) in [5.41, 5.74) is 9.30. The number of hydrogen-bond donors (Lipinski definition) is 4. The van der Waals surface area contributed by atoms with E-state index in [2.05, 4.69) is 50.7 Å². The quantitative estimate of drug-likeness (QED) is 0.172. The number of likely N-dealkylation sites (tertiary alicyclic amines) is 1. The highest BCUT2D eigenvalue weighted by Crippen LogP contribution is 2.40. The number of nitrogens with one attached hydrogen (secondary N) is 2. The maximum atomic E-state index is 13.9. The molecule has 0 bridgehead atoms. The van der Waals surface area contributed by atoms with Crippen LogP contribution < -0.4 is 15.5 Å². The number of rotatable bonds is 9. The number of fused-ring (bicyclic) bond motifs is 3. The molecule has 12 nitrogen and oxygen atoms in total. The Bertz CT molecular complexity index is 2110. The van der Waals surface area contributed by atoms with E-state index in [1.807, 2.05) is 52.2 Å². The lowest BCUT2D eigenvalue weighted by Gasteiger charge is -2.23. The molecule has 0 saturated carbocycles. The van der Waals surface area contributed by atoms with Crippen LogP contribution in [0.25, 0.3) is 22.0 Å². The summed E-state index contributed by atoms with van der Waals surface area (Å²) < 4.78 is 1.84. The molecule has 1 unspecified atom stereocenters. The van der Waals surface area contributed by atoms with Crippen molar-refractivity contribution < 1.29 is 19.8 Å². The molecule has 2 aromatic carbocycles. The van der Waals surface area contributed by atoms with Gasteiger partial charge in [-0.1, -0.05) is 24.3 Å². The summed E-state index contributed by atoms with van der Waals surface area (Å²) in [4.78, 5) is 38.6. The monoisotopic (exact) mass is 672 g/mol. The number of benzene rings is 2. The number of aliphatic hydroxyl groups is 1. The van der Waals surface area contributed by atoms with Crippen LogP contribution in [-0.4, -0.2) is 79.0 Å². The second kappa shape index (κ2) is 13.3. The summed E-state index contributed by atoms with van der Waals surface area (Å²) in [5.74, 6) is -0.377. The Hall–Kier alpha value is -5.17. The fourth-order valence-electron chi connectivity index (χ4n) is 7.73. The average Bonchev–Trinajstić information content (AvgIpc) is 3.86. The van der Waals surface area contributed by atoms with Gasteiger partial charge in [0.2, 0.25) is 0 Å². The van der Waals surface area contributed by atoms with E-state index in [0.717, 1.165) is 94.6 Å². The number of nitrogens with zero attached hydrogens (tertiary/aromatic N) is 6. The van der Waals surface area contributed by atoms with E-state index in [4.69, 9.17) is 10.1 Å². The van der Waals surface area contributed by atoms with Gasteiger partial charge >= 0.3 is 5.97 Å². The fourth-order valence-corrected chi connectivity index (χ4v) is 7.73. The van der Waals surface area contributed by atoms with Gasteiger partial charge in [0.25, 0.3) is 5.91 Å². The zero-order valence-corrected chi connectivity index (χ0v) is 28.0. The van der Waals surface area contributed by atoms with E-state index >= 15 is 0 Å². The number of β-amino-alcohol motifs (C(OH)–C–C–N with tert-alkyl or cyclic N) is 1. The van der Waals surface area contributed by atoms with Gasteiger partial charge < -0.3 is 20.4 Å². The number of amides is 1. The largest absolute Gasteiger partial charge is 0.480 e. The summed E-state index contributed by atoms with van der Waals surface area (Å²) in [6.45, 7) is 5.55. The van der Waals surface area contributed by atoms with Gasteiger partial charge in [0.05, 0.1) is 18.3 Å². The Morgan fingerprint density at radius 2 is 1.86 bits per heavy atom. The SMILES string of the molecule is Cc1c(Nc2nccc3cc(CN4CC[C@@H](O)C4)cnc23)cccc1-c1cccc2c1CCN2C(=O)c1cc2n(n1)CCCC2NCC(=O)O. The van der Waals surface area contributed by atoms with E-state index in [9.17, 15) is 14.7 Å². The minimum atomic E-state index is -0.911. The van der Waals surface area contributed by atoms with Crippen LogP contribution >= 0.6 is 0 Å². The number of aromatic nitrogens is 4. The van der Waals surface area contributed by atoms with Gasteiger partial charge in [-0.05, 0) is 90.8 Å². The number of carboxylic acids is 1. The van der Waals surface area contributed by atoms with Crippen LogP contribution in [0.15, 0.2) is 67.0 Å². The number of carbonyl (C=O) groups is 2. The molecule has 6 heterocycles. The molecular formula is C38H40N8O4. The molecule has 1 fully saturated rings. The van der Waals surface area contributed by atoms with E-state index in [-0.39, 0.29) is 24.6 Å². The first-order valence-electron chi connectivity index (χ1n) is 17.3.